The third kappa shape index (κ3) is 3.73. The van der Waals surface area contributed by atoms with E-state index in [9.17, 15) is 13.2 Å². The van der Waals surface area contributed by atoms with Gasteiger partial charge in [0.2, 0.25) is 15.9 Å². The van der Waals surface area contributed by atoms with Crippen LogP contribution >= 0.6 is 0 Å². The van der Waals surface area contributed by atoms with Crippen molar-refractivity contribution in [2.45, 2.75) is 37.1 Å². The first-order valence-electron chi connectivity index (χ1n) is 8.28. The van der Waals surface area contributed by atoms with E-state index in [0.717, 1.165) is 16.9 Å². The molecule has 138 valence electrons. The van der Waals surface area contributed by atoms with Gasteiger partial charge in [0.05, 0.1) is 12.0 Å². The summed E-state index contributed by atoms with van der Waals surface area (Å²) >= 11 is 0. The number of hydrogen-bond acceptors (Lipinski definition) is 4. The molecule has 1 amide bonds. The number of fused-ring (bicyclic) bond motifs is 1. The lowest BCUT2D eigenvalue weighted by Crippen LogP contribution is -2.33. The third-order valence-corrected chi connectivity index (χ3v) is 5.93. The first-order valence-corrected chi connectivity index (χ1v) is 9.76. The number of methoxy groups -OCH3 is 1. The Morgan fingerprint density at radius 1 is 1.15 bits per heavy atom. The van der Waals surface area contributed by atoms with E-state index in [2.05, 4.69) is 10.0 Å². The SMILES string of the molecule is COc1ccc(CNS(=O)(=O)c2ccc3c(c2)C(C)(C)CC(=O)N3)cc1. The van der Waals surface area contributed by atoms with E-state index in [4.69, 9.17) is 4.74 Å². The van der Waals surface area contributed by atoms with Crippen molar-refractivity contribution in [3.63, 3.8) is 0 Å². The molecule has 2 aromatic rings. The van der Waals surface area contributed by atoms with Crippen LogP contribution in [0.15, 0.2) is 47.4 Å². The Morgan fingerprint density at radius 2 is 1.85 bits per heavy atom. The molecule has 1 heterocycles. The lowest BCUT2D eigenvalue weighted by atomic mass is 9.78. The standard InChI is InChI=1S/C19H22N2O4S/c1-19(2)11-18(22)21-17-9-8-15(10-16(17)19)26(23,24)20-12-13-4-6-14(25-3)7-5-13/h4-10,20H,11-12H2,1-3H3,(H,21,22). The maximum absolute atomic E-state index is 12.7. The van der Waals surface area contributed by atoms with Gasteiger partial charge in [0.25, 0.3) is 0 Å². The summed E-state index contributed by atoms with van der Waals surface area (Å²) in [5, 5.41) is 2.80. The topological polar surface area (TPSA) is 84.5 Å². The van der Waals surface area contributed by atoms with Gasteiger partial charge >= 0.3 is 0 Å². The fraction of sp³-hybridized carbons (Fsp3) is 0.316. The molecule has 2 N–H and O–H groups in total. The lowest BCUT2D eigenvalue weighted by Gasteiger charge is -2.32. The molecule has 0 saturated carbocycles. The highest BCUT2D eigenvalue weighted by atomic mass is 32.2. The quantitative estimate of drug-likeness (QED) is 0.843. The Morgan fingerprint density at radius 3 is 2.50 bits per heavy atom. The number of nitrogens with one attached hydrogen (secondary N) is 2. The van der Waals surface area contributed by atoms with Crippen LogP contribution in [-0.4, -0.2) is 21.4 Å². The zero-order chi connectivity index (χ0) is 18.9. The number of amides is 1. The summed E-state index contributed by atoms with van der Waals surface area (Å²) in [5.74, 6) is 0.659. The van der Waals surface area contributed by atoms with Crippen molar-refractivity contribution in [1.29, 1.82) is 0 Å². The van der Waals surface area contributed by atoms with Crippen LogP contribution in [0.5, 0.6) is 5.75 Å². The summed E-state index contributed by atoms with van der Waals surface area (Å²) in [5.41, 5.74) is 1.91. The van der Waals surface area contributed by atoms with Gasteiger partial charge in [-0.25, -0.2) is 13.1 Å². The molecule has 0 aromatic heterocycles. The van der Waals surface area contributed by atoms with Crippen LogP contribution in [0.2, 0.25) is 0 Å². The van der Waals surface area contributed by atoms with Gasteiger partial charge < -0.3 is 10.1 Å². The van der Waals surface area contributed by atoms with Crippen molar-refractivity contribution in [2.24, 2.45) is 0 Å². The number of carbonyl (C=O) groups is 1. The molecule has 26 heavy (non-hydrogen) atoms. The Labute approximate surface area is 153 Å². The van der Waals surface area contributed by atoms with E-state index in [1.165, 1.54) is 6.07 Å². The average Bonchev–Trinajstić information content (AvgIpc) is 2.59. The summed E-state index contributed by atoms with van der Waals surface area (Å²) in [4.78, 5) is 12.0. The molecule has 0 bridgehead atoms. The van der Waals surface area contributed by atoms with E-state index >= 15 is 0 Å². The van der Waals surface area contributed by atoms with Crippen LogP contribution < -0.4 is 14.8 Å². The molecule has 3 rings (SSSR count). The molecule has 1 aliphatic heterocycles. The summed E-state index contributed by atoms with van der Waals surface area (Å²) in [6, 6.07) is 12.0. The molecule has 1 aliphatic rings. The van der Waals surface area contributed by atoms with Crippen molar-refractivity contribution in [1.82, 2.24) is 4.72 Å². The molecule has 0 fully saturated rings. The molecule has 2 aromatic carbocycles. The number of ether oxygens (including phenoxy) is 1. The summed E-state index contributed by atoms with van der Waals surface area (Å²) in [7, 11) is -2.08. The summed E-state index contributed by atoms with van der Waals surface area (Å²) in [6.07, 6.45) is 0.322. The van der Waals surface area contributed by atoms with Crippen molar-refractivity contribution in [3.05, 3.63) is 53.6 Å². The molecule has 6 nitrogen and oxygen atoms in total. The highest BCUT2D eigenvalue weighted by Crippen LogP contribution is 2.38. The summed E-state index contributed by atoms with van der Waals surface area (Å²) in [6.45, 7) is 4.06. The van der Waals surface area contributed by atoms with Gasteiger partial charge in [0.1, 0.15) is 5.75 Å². The van der Waals surface area contributed by atoms with E-state index in [1.54, 1.807) is 31.4 Å². The van der Waals surface area contributed by atoms with Crippen LogP contribution in [0, 0.1) is 0 Å². The predicted molar refractivity (Wildman–Crippen MR) is 99.7 cm³/mol. The van der Waals surface area contributed by atoms with Gasteiger partial charge in [0.15, 0.2) is 0 Å². The van der Waals surface area contributed by atoms with Crippen molar-refractivity contribution in [2.75, 3.05) is 12.4 Å². The number of benzene rings is 2. The molecule has 0 atom stereocenters. The fourth-order valence-corrected chi connectivity index (χ4v) is 4.10. The van der Waals surface area contributed by atoms with E-state index in [-0.39, 0.29) is 17.3 Å². The molecular formula is C19H22N2O4S. The van der Waals surface area contributed by atoms with Gasteiger partial charge in [0, 0.05) is 24.1 Å². The largest absolute Gasteiger partial charge is 0.497 e. The Bertz CT molecular complexity index is 935. The van der Waals surface area contributed by atoms with Gasteiger partial charge in [-0.1, -0.05) is 26.0 Å². The van der Waals surface area contributed by atoms with Gasteiger partial charge in [-0.05, 0) is 41.5 Å². The molecule has 0 saturated heterocycles. The Balaban J connectivity index is 1.82. The number of rotatable bonds is 5. The normalized spacial score (nSPS) is 15.9. The smallest absolute Gasteiger partial charge is 0.240 e. The maximum atomic E-state index is 12.7. The fourth-order valence-electron chi connectivity index (χ4n) is 3.06. The zero-order valence-corrected chi connectivity index (χ0v) is 15.8. The highest BCUT2D eigenvalue weighted by Gasteiger charge is 2.33. The van der Waals surface area contributed by atoms with E-state index in [1.807, 2.05) is 26.0 Å². The zero-order valence-electron chi connectivity index (χ0n) is 15.0. The second-order valence-electron chi connectivity index (χ2n) is 6.99. The molecule has 7 heteroatoms. The van der Waals surface area contributed by atoms with Crippen LogP contribution in [0.25, 0.3) is 0 Å². The van der Waals surface area contributed by atoms with E-state index < -0.39 is 15.4 Å². The minimum absolute atomic E-state index is 0.0595. The van der Waals surface area contributed by atoms with Gasteiger partial charge in [-0.15, -0.1) is 0 Å². The first kappa shape index (κ1) is 18.4. The monoisotopic (exact) mass is 374 g/mol. The van der Waals surface area contributed by atoms with Crippen LogP contribution in [0.4, 0.5) is 5.69 Å². The maximum Gasteiger partial charge on any atom is 0.240 e. The molecule has 0 radical (unpaired) electrons. The average molecular weight is 374 g/mol. The van der Waals surface area contributed by atoms with Crippen molar-refractivity contribution < 1.29 is 17.9 Å². The van der Waals surface area contributed by atoms with Crippen LogP contribution in [-0.2, 0) is 26.8 Å². The number of anilines is 1. The van der Waals surface area contributed by atoms with E-state index in [0.29, 0.717) is 12.1 Å². The van der Waals surface area contributed by atoms with Crippen molar-refractivity contribution >= 4 is 21.6 Å². The Kier molecular flexibility index (Phi) is 4.77. The molecule has 0 unspecified atom stereocenters. The second kappa shape index (κ2) is 6.74. The molecular weight excluding hydrogens is 352 g/mol. The van der Waals surface area contributed by atoms with Gasteiger partial charge in [-0.3, -0.25) is 4.79 Å². The first-order chi connectivity index (χ1) is 12.2. The lowest BCUT2D eigenvalue weighted by molar-refractivity contribution is -0.117. The predicted octanol–water partition coefficient (Wildman–Crippen LogP) is 2.79. The van der Waals surface area contributed by atoms with Gasteiger partial charge in [-0.2, -0.15) is 0 Å². The van der Waals surface area contributed by atoms with Crippen LogP contribution in [0.1, 0.15) is 31.4 Å². The summed E-state index contributed by atoms with van der Waals surface area (Å²) < 4.78 is 33.0. The molecule has 0 aliphatic carbocycles. The van der Waals surface area contributed by atoms with Crippen LogP contribution in [0.3, 0.4) is 0 Å². The highest BCUT2D eigenvalue weighted by molar-refractivity contribution is 7.89. The Hall–Kier alpha value is -2.38. The second-order valence-corrected chi connectivity index (χ2v) is 8.76. The molecule has 0 spiro atoms. The third-order valence-electron chi connectivity index (χ3n) is 4.53. The number of sulfonamides is 1. The number of hydrogen-bond donors (Lipinski definition) is 2. The minimum atomic E-state index is -3.67. The number of carbonyl (C=O) groups excluding carboxylic acids is 1. The minimum Gasteiger partial charge on any atom is -0.497 e. The van der Waals surface area contributed by atoms with Crippen molar-refractivity contribution in [3.8, 4) is 5.75 Å².